The van der Waals surface area contributed by atoms with E-state index in [0.29, 0.717) is 33.8 Å². The number of H-pyrrole nitrogens is 1. The van der Waals surface area contributed by atoms with Gasteiger partial charge in [-0.1, -0.05) is 43.7 Å². The molecule has 0 bridgehead atoms. The molecule has 0 aliphatic heterocycles. The molecule has 10 heteroatoms. The zero-order valence-electron chi connectivity index (χ0n) is 16.1. The van der Waals surface area contributed by atoms with Gasteiger partial charge in [0.1, 0.15) is 12.1 Å². The molecular formula is C19H22ClN7O2. The van der Waals surface area contributed by atoms with E-state index in [9.17, 15) is 4.79 Å². The van der Waals surface area contributed by atoms with Crippen LogP contribution in [0.25, 0.3) is 5.69 Å². The number of ether oxygens (including phenoxy) is 1. The van der Waals surface area contributed by atoms with Crippen LogP contribution in [-0.4, -0.2) is 43.4 Å². The highest BCUT2D eigenvalue weighted by atomic mass is 35.5. The molecule has 152 valence electrons. The first kappa shape index (κ1) is 19.4. The maximum Gasteiger partial charge on any atom is 0.260 e. The van der Waals surface area contributed by atoms with Crippen LogP contribution in [0, 0.1) is 5.92 Å². The molecule has 0 atom stereocenters. The van der Waals surface area contributed by atoms with Crippen LogP contribution in [0.4, 0.5) is 5.82 Å². The molecule has 1 aliphatic carbocycles. The number of nitrogens with one attached hydrogen (secondary N) is 2. The third kappa shape index (κ3) is 4.40. The maximum atomic E-state index is 12.8. The van der Waals surface area contributed by atoms with Gasteiger partial charge in [-0.15, -0.1) is 5.10 Å². The predicted molar refractivity (Wildman–Crippen MR) is 108 cm³/mol. The Kier molecular flexibility index (Phi) is 5.75. The number of benzene rings is 1. The maximum absolute atomic E-state index is 12.8. The first-order valence-corrected chi connectivity index (χ1v) is 9.98. The molecule has 4 rings (SSSR count). The van der Waals surface area contributed by atoms with Crippen molar-refractivity contribution in [2.75, 3.05) is 12.4 Å². The fourth-order valence-corrected chi connectivity index (χ4v) is 4.00. The summed E-state index contributed by atoms with van der Waals surface area (Å²) in [5, 5.41) is 21.4. The quantitative estimate of drug-likeness (QED) is 0.638. The third-order valence-corrected chi connectivity index (χ3v) is 5.52. The van der Waals surface area contributed by atoms with Crippen molar-refractivity contribution in [1.82, 2.24) is 30.4 Å². The Morgan fingerprint density at radius 1 is 1.31 bits per heavy atom. The van der Waals surface area contributed by atoms with Crippen molar-refractivity contribution in [3.05, 3.63) is 40.8 Å². The summed E-state index contributed by atoms with van der Waals surface area (Å²) in [6.45, 7) is 0. The van der Waals surface area contributed by atoms with E-state index in [1.54, 1.807) is 6.07 Å². The standard InChI is InChI=1S/C19H22ClN7O2/c1-29-17-10-16(27-11-21-25-26-27)15(20)9-14(17)19(28)22-18-8-13(23-24-18)7-12-5-3-2-4-6-12/h8-12H,2-7H2,1H3,(H2,22,23,24,28). The highest BCUT2D eigenvalue weighted by molar-refractivity contribution is 6.33. The number of aromatic nitrogens is 6. The van der Waals surface area contributed by atoms with Crippen LogP contribution in [-0.2, 0) is 6.42 Å². The topological polar surface area (TPSA) is 111 Å². The van der Waals surface area contributed by atoms with Gasteiger partial charge in [0, 0.05) is 17.8 Å². The zero-order valence-corrected chi connectivity index (χ0v) is 16.8. The zero-order chi connectivity index (χ0) is 20.2. The second-order valence-corrected chi connectivity index (χ2v) is 7.61. The minimum atomic E-state index is -0.359. The highest BCUT2D eigenvalue weighted by Crippen LogP contribution is 2.30. The van der Waals surface area contributed by atoms with Crippen molar-refractivity contribution >= 4 is 23.3 Å². The smallest absolute Gasteiger partial charge is 0.260 e. The van der Waals surface area contributed by atoms with E-state index in [1.807, 2.05) is 6.07 Å². The predicted octanol–water partition coefficient (Wildman–Crippen LogP) is 3.42. The van der Waals surface area contributed by atoms with Gasteiger partial charge in [-0.25, -0.2) is 0 Å². The largest absolute Gasteiger partial charge is 0.496 e. The lowest BCUT2D eigenvalue weighted by Gasteiger charge is -2.20. The number of tetrazole rings is 1. The van der Waals surface area contributed by atoms with Gasteiger partial charge < -0.3 is 10.1 Å². The van der Waals surface area contributed by atoms with E-state index in [2.05, 4.69) is 31.0 Å². The van der Waals surface area contributed by atoms with Crippen molar-refractivity contribution in [2.45, 2.75) is 38.5 Å². The summed E-state index contributed by atoms with van der Waals surface area (Å²) in [6.07, 6.45) is 8.80. The molecule has 0 radical (unpaired) electrons. The fourth-order valence-electron chi connectivity index (χ4n) is 3.75. The highest BCUT2D eigenvalue weighted by Gasteiger charge is 2.19. The molecule has 1 aliphatic rings. The minimum Gasteiger partial charge on any atom is -0.496 e. The summed E-state index contributed by atoms with van der Waals surface area (Å²) < 4.78 is 6.77. The molecule has 0 saturated heterocycles. The number of amides is 1. The molecule has 2 aromatic heterocycles. The number of aromatic amines is 1. The molecule has 2 heterocycles. The minimum absolute atomic E-state index is 0.297. The summed E-state index contributed by atoms with van der Waals surface area (Å²) in [6, 6.07) is 5.03. The van der Waals surface area contributed by atoms with Gasteiger partial charge in [-0.3, -0.25) is 9.89 Å². The van der Waals surface area contributed by atoms with Gasteiger partial charge in [-0.2, -0.15) is 9.78 Å². The molecule has 1 fully saturated rings. The van der Waals surface area contributed by atoms with Crippen molar-refractivity contribution in [3.8, 4) is 11.4 Å². The second-order valence-electron chi connectivity index (χ2n) is 7.20. The third-order valence-electron chi connectivity index (χ3n) is 5.22. The number of carbonyl (C=O) groups excluding carboxylic acids is 1. The monoisotopic (exact) mass is 415 g/mol. The average molecular weight is 416 g/mol. The number of methoxy groups -OCH3 is 1. The van der Waals surface area contributed by atoms with Crippen molar-refractivity contribution < 1.29 is 9.53 Å². The van der Waals surface area contributed by atoms with E-state index in [1.165, 1.54) is 56.3 Å². The molecule has 1 amide bonds. The number of hydrogen-bond acceptors (Lipinski definition) is 6. The Labute approximate surface area is 172 Å². The first-order valence-electron chi connectivity index (χ1n) is 9.60. The van der Waals surface area contributed by atoms with Crippen LogP contribution >= 0.6 is 11.6 Å². The Morgan fingerprint density at radius 2 is 2.14 bits per heavy atom. The van der Waals surface area contributed by atoms with Gasteiger partial charge in [-0.05, 0) is 28.8 Å². The van der Waals surface area contributed by atoms with Gasteiger partial charge in [0.25, 0.3) is 5.91 Å². The van der Waals surface area contributed by atoms with Crippen LogP contribution in [0.1, 0.15) is 48.2 Å². The summed E-state index contributed by atoms with van der Waals surface area (Å²) in [7, 11) is 1.49. The lowest BCUT2D eigenvalue weighted by Crippen LogP contribution is -2.14. The average Bonchev–Trinajstić information content (AvgIpc) is 3.41. The molecule has 1 saturated carbocycles. The van der Waals surface area contributed by atoms with E-state index < -0.39 is 0 Å². The van der Waals surface area contributed by atoms with Crippen LogP contribution in [0.3, 0.4) is 0 Å². The molecule has 2 N–H and O–H groups in total. The summed E-state index contributed by atoms with van der Waals surface area (Å²) in [4.78, 5) is 12.8. The fraction of sp³-hybridized carbons (Fsp3) is 0.421. The summed E-state index contributed by atoms with van der Waals surface area (Å²) >= 11 is 6.34. The Balaban J connectivity index is 1.49. The Bertz CT molecular complexity index is 981. The molecule has 0 unspecified atom stereocenters. The van der Waals surface area contributed by atoms with Crippen LogP contribution < -0.4 is 10.1 Å². The molecule has 3 aromatic rings. The molecule has 9 nitrogen and oxygen atoms in total. The van der Waals surface area contributed by atoms with Gasteiger partial charge in [0.15, 0.2) is 5.82 Å². The normalized spacial score (nSPS) is 14.7. The number of nitrogens with zero attached hydrogens (tertiary/aromatic N) is 5. The number of anilines is 1. The Morgan fingerprint density at radius 3 is 2.86 bits per heavy atom. The molecule has 29 heavy (non-hydrogen) atoms. The van der Waals surface area contributed by atoms with Gasteiger partial charge in [0.05, 0.1) is 23.4 Å². The van der Waals surface area contributed by atoms with E-state index in [0.717, 1.165) is 12.1 Å². The van der Waals surface area contributed by atoms with Crippen LogP contribution in [0.5, 0.6) is 5.75 Å². The van der Waals surface area contributed by atoms with Crippen molar-refractivity contribution in [2.24, 2.45) is 5.92 Å². The summed E-state index contributed by atoms with van der Waals surface area (Å²) in [5.74, 6) is 1.16. The van der Waals surface area contributed by atoms with Gasteiger partial charge >= 0.3 is 0 Å². The van der Waals surface area contributed by atoms with E-state index in [4.69, 9.17) is 16.3 Å². The Hall–Kier alpha value is -2.94. The van der Waals surface area contributed by atoms with Crippen molar-refractivity contribution in [1.29, 1.82) is 0 Å². The lowest BCUT2D eigenvalue weighted by molar-refractivity contribution is 0.102. The van der Waals surface area contributed by atoms with Crippen molar-refractivity contribution in [3.63, 3.8) is 0 Å². The lowest BCUT2D eigenvalue weighted by atomic mass is 9.86. The number of halogens is 1. The molecular weight excluding hydrogens is 394 g/mol. The number of hydrogen-bond donors (Lipinski definition) is 2. The molecule has 1 aromatic carbocycles. The number of carbonyl (C=O) groups is 1. The second kappa shape index (κ2) is 8.60. The first-order chi connectivity index (χ1) is 14.1. The van der Waals surface area contributed by atoms with Crippen LogP contribution in [0.15, 0.2) is 24.5 Å². The number of rotatable bonds is 6. The molecule has 0 spiro atoms. The summed E-state index contributed by atoms with van der Waals surface area (Å²) in [5.41, 5.74) is 1.84. The van der Waals surface area contributed by atoms with E-state index >= 15 is 0 Å². The van der Waals surface area contributed by atoms with Gasteiger partial charge in [0.2, 0.25) is 0 Å². The van der Waals surface area contributed by atoms with Crippen LogP contribution in [0.2, 0.25) is 5.02 Å². The SMILES string of the molecule is COc1cc(-n2cnnn2)c(Cl)cc1C(=O)Nc1cc(CC2CCCCC2)[nH]n1. The van der Waals surface area contributed by atoms with E-state index in [-0.39, 0.29) is 5.91 Å².